The summed E-state index contributed by atoms with van der Waals surface area (Å²) in [6, 6.07) is 14.4. The van der Waals surface area contributed by atoms with Crippen LogP contribution in [0.4, 0.5) is 5.69 Å². The maximum Gasteiger partial charge on any atom is 0.275 e. The molecule has 0 saturated heterocycles. The first-order valence-corrected chi connectivity index (χ1v) is 9.81. The number of aromatic nitrogens is 4. The monoisotopic (exact) mass is 421 g/mol. The molecule has 0 unspecified atom stereocenters. The van der Waals surface area contributed by atoms with E-state index < -0.39 is 0 Å². The molecule has 0 aliphatic rings. The summed E-state index contributed by atoms with van der Waals surface area (Å²) in [5.41, 5.74) is 3.66. The fourth-order valence-electron chi connectivity index (χ4n) is 3.39. The topological polar surface area (TPSA) is 81.3 Å². The van der Waals surface area contributed by atoms with Crippen LogP contribution in [0.2, 0.25) is 5.02 Å². The summed E-state index contributed by atoms with van der Waals surface area (Å²) >= 11 is 6.26. The molecule has 8 heteroatoms. The zero-order valence-corrected chi connectivity index (χ0v) is 17.6. The lowest BCUT2D eigenvalue weighted by molar-refractivity contribution is -0.116. The molecule has 0 radical (unpaired) electrons. The van der Waals surface area contributed by atoms with Crippen LogP contribution in [-0.2, 0) is 11.3 Å². The molecular weight excluding hydrogens is 402 g/mol. The molecule has 0 atom stereocenters. The SMILES string of the molecule is Cc1cccc(C)c1NC(=O)Cn1c(C)cc(=O)n2nc(-c3ccccc3Cl)nc12. The van der Waals surface area contributed by atoms with Gasteiger partial charge in [-0.05, 0) is 44.0 Å². The first kappa shape index (κ1) is 19.8. The highest BCUT2D eigenvalue weighted by molar-refractivity contribution is 6.33. The summed E-state index contributed by atoms with van der Waals surface area (Å²) in [5.74, 6) is 0.391. The molecule has 0 saturated carbocycles. The molecule has 4 rings (SSSR count). The number of aryl methyl sites for hydroxylation is 3. The number of nitrogens with one attached hydrogen (secondary N) is 1. The standard InChI is InChI=1S/C22H20ClN5O2/c1-13-7-6-8-14(2)20(13)24-18(29)12-27-15(3)11-19(30)28-22(27)25-21(26-28)16-9-4-5-10-17(16)23/h4-11H,12H2,1-3H3,(H,24,29). The number of halogens is 1. The van der Waals surface area contributed by atoms with Crippen molar-refractivity contribution in [1.82, 2.24) is 19.2 Å². The van der Waals surface area contributed by atoms with E-state index in [4.69, 9.17) is 11.6 Å². The Hall–Kier alpha value is -3.45. The summed E-state index contributed by atoms with van der Waals surface area (Å²) in [5, 5.41) is 7.77. The molecule has 7 nitrogen and oxygen atoms in total. The molecule has 0 fully saturated rings. The zero-order chi connectivity index (χ0) is 21.4. The molecule has 1 N–H and O–H groups in total. The van der Waals surface area contributed by atoms with Crippen LogP contribution in [-0.4, -0.2) is 25.1 Å². The van der Waals surface area contributed by atoms with Crippen LogP contribution in [0.1, 0.15) is 16.8 Å². The lowest BCUT2D eigenvalue weighted by Crippen LogP contribution is -2.26. The van der Waals surface area contributed by atoms with E-state index in [1.807, 2.05) is 44.2 Å². The van der Waals surface area contributed by atoms with Crippen molar-refractivity contribution < 1.29 is 4.79 Å². The maximum absolute atomic E-state index is 12.8. The average molecular weight is 422 g/mol. The van der Waals surface area contributed by atoms with Gasteiger partial charge in [0.15, 0.2) is 5.82 Å². The Morgan fingerprint density at radius 3 is 2.47 bits per heavy atom. The summed E-state index contributed by atoms with van der Waals surface area (Å²) in [4.78, 5) is 29.8. The fraction of sp³-hybridized carbons (Fsp3) is 0.182. The number of carbonyl (C=O) groups excluding carboxylic acids is 1. The number of carbonyl (C=O) groups is 1. The van der Waals surface area contributed by atoms with Crippen LogP contribution < -0.4 is 10.9 Å². The van der Waals surface area contributed by atoms with E-state index in [0.29, 0.717) is 22.1 Å². The molecule has 0 spiro atoms. The largest absolute Gasteiger partial charge is 0.324 e. The number of hydrogen-bond acceptors (Lipinski definition) is 4. The predicted molar refractivity (Wildman–Crippen MR) is 117 cm³/mol. The van der Waals surface area contributed by atoms with Crippen LogP contribution in [0.25, 0.3) is 17.2 Å². The lowest BCUT2D eigenvalue weighted by atomic mass is 10.1. The molecule has 1 amide bonds. The number of benzene rings is 2. The fourth-order valence-corrected chi connectivity index (χ4v) is 3.61. The van der Waals surface area contributed by atoms with E-state index in [9.17, 15) is 9.59 Å². The Kier molecular flexibility index (Phi) is 5.13. The summed E-state index contributed by atoms with van der Waals surface area (Å²) in [7, 11) is 0. The highest BCUT2D eigenvalue weighted by atomic mass is 35.5. The quantitative estimate of drug-likeness (QED) is 0.543. The minimum absolute atomic E-state index is 0.00988. The number of anilines is 1. The third kappa shape index (κ3) is 3.59. The van der Waals surface area contributed by atoms with Gasteiger partial charge in [0.05, 0.1) is 5.02 Å². The Morgan fingerprint density at radius 2 is 1.77 bits per heavy atom. The average Bonchev–Trinajstić information content (AvgIpc) is 3.14. The minimum Gasteiger partial charge on any atom is -0.324 e. The number of para-hydroxylation sites is 1. The van der Waals surface area contributed by atoms with Gasteiger partial charge in [-0.1, -0.05) is 41.9 Å². The second-order valence-electron chi connectivity index (χ2n) is 7.15. The Bertz CT molecular complexity index is 1320. The van der Waals surface area contributed by atoms with Gasteiger partial charge < -0.3 is 9.88 Å². The smallest absolute Gasteiger partial charge is 0.275 e. The Morgan fingerprint density at radius 1 is 1.07 bits per heavy atom. The van der Waals surface area contributed by atoms with Crippen molar-refractivity contribution in [2.75, 3.05) is 5.32 Å². The number of fused-ring (bicyclic) bond motifs is 1. The Labute approximate surface area is 178 Å². The van der Waals surface area contributed by atoms with Gasteiger partial charge in [-0.15, -0.1) is 5.10 Å². The van der Waals surface area contributed by atoms with Gasteiger partial charge in [0.25, 0.3) is 5.56 Å². The molecule has 2 heterocycles. The number of amides is 1. The Balaban J connectivity index is 1.74. The number of rotatable bonds is 4. The van der Waals surface area contributed by atoms with Crippen molar-refractivity contribution in [2.24, 2.45) is 0 Å². The third-order valence-corrected chi connectivity index (χ3v) is 5.29. The lowest BCUT2D eigenvalue weighted by Gasteiger charge is -2.14. The van der Waals surface area contributed by atoms with Crippen LogP contribution in [0.15, 0.2) is 53.3 Å². The van der Waals surface area contributed by atoms with Crippen LogP contribution in [0.5, 0.6) is 0 Å². The van der Waals surface area contributed by atoms with E-state index >= 15 is 0 Å². The number of hydrogen-bond donors (Lipinski definition) is 1. The first-order chi connectivity index (χ1) is 14.3. The molecule has 152 valence electrons. The van der Waals surface area contributed by atoms with Crippen molar-refractivity contribution in [3.8, 4) is 11.4 Å². The van der Waals surface area contributed by atoms with Crippen molar-refractivity contribution in [3.63, 3.8) is 0 Å². The van der Waals surface area contributed by atoms with Crippen molar-refractivity contribution >= 4 is 29.0 Å². The normalized spacial score (nSPS) is 11.1. The molecule has 2 aromatic carbocycles. The minimum atomic E-state index is -0.320. The third-order valence-electron chi connectivity index (χ3n) is 4.96. The highest BCUT2D eigenvalue weighted by Crippen LogP contribution is 2.25. The number of nitrogens with zero attached hydrogens (tertiary/aromatic N) is 4. The molecule has 2 aromatic heterocycles. The molecular formula is C22H20ClN5O2. The van der Waals surface area contributed by atoms with Crippen molar-refractivity contribution in [2.45, 2.75) is 27.3 Å². The van der Waals surface area contributed by atoms with Gasteiger partial charge in [-0.3, -0.25) is 9.59 Å². The molecule has 0 aliphatic carbocycles. The first-order valence-electron chi connectivity index (χ1n) is 9.43. The van der Waals surface area contributed by atoms with Gasteiger partial charge in [0, 0.05) is 23.0 Å². The van der Waals surface area contributed by atoms with Crippen molar-refractivity contribution in [1.29, 1.82) is 0 Å². The van der Waals surface area contributed by atoms with Gasteiger partial charge in [0.2, 0.25) is 11.7 Å². The molecule has 0 bridgehead atoms. The van der Waals surface area contributed by atoms with E-state index in [1.165, 1.54) is 10.6 Å². The summed E-state index contributed by atoms with van der Waals surface area (Å²) in [6.45, 7) is 5.64. The molecule has 4 aromatic rings. The summed E-state index contributed by atoms with van der Waals surface area (Å²) in [6.07, 6.45) is 0. The van der Waals surface area contributed by atoms with E-state index in [0.717, 1.165) is 16.8 Å². The highest BCUT2D eigenvalue weighted by Gasteiger charge is 2.17. The molecule has 0 aliphatic heterocycles. The van der Waals surface area contributed by atoms with Crippen molar-refractivity contribution in [3.05, 3.63) is 80.7 Å². The van der Waals surface area contributed by atoms with E-state index in [1.54, 1.807) is 23.6 Å². The van der Waals surface area contributed by atoms with E-state index in [2.05, 4.69) is 15.4 Å². The predicted octanol–water partition coefficient (Wildman–Crippen LogP) is 3.78. The van der Waals surface area contributed by atoms with Gasteiger partial charge in [-0.25, -0.2) is 0 Å². The summed E-state index contributed by atoms with van der Waals surface area (Å²) < 4.78 is 2.86. The van der Waals surface area contributed by atoms with Crippen LogP contribution in [0, 0.1) is 20.8 Å². The second-order valence-corrected chi connectivity index (χ2v) is 7.56. The van der Waals surface area contributed by atoms with Gasteiger partial charge in [0.1, 0.15) is 6.54 Å². The zero-order valence-electron chi connectivity index (χ0n) is 16.8. The van der Waals surface area contributed by atoms with Gasteiger partial charge >= 0.3 is 0 Å². The van der Waals surface area contributed by atoms with Gasteiger partial charge in [-0.2, -0.15) is 9.50 Å². The maximum atomic E-state index is 12.8. The van der Waals surface area contributed by atoms with Crippen LogP contribution >= 0.6 is 11.6 Å². The molecule has 30 heavy (non-hydrogen) atoms. The van der Waals surface area contributed by atoms with Crippen LogP contribution in [0.3, 0.4) is 0 Å². The second kappa shape index (κ2) is 7.76. The van der Waals surface area contributed by atoms with E-state index in [-0.39, 0.29) is 23.8 Å².